The molecule has 0 bridgehead atoms. The van der Waals surface area contributed by atoms with E-state index in [4.69, 9.17) is 37.4 Å². The van der Waals surface area contributed by atoms with Crippen LogP contribution in [0, 0.1) is 0 Å². The molecule has 0 heterocycles. The summed E-state index contributed by atoms with van der Waals surface area (Å²) in [6.07, 6.45) is 1.28. The number of hydrogen-bond acceptors (Lipinski definition) is 6. The molecule has 9 heteroatoms. The number of ether oxygens (including phenoxy) is 3. The summed E-state index contributed by atoms with van der Waals surface area (Å²) in [6.45, 7) is 0. The number of rotatable bonds is 9. The van der Waals surface area contributed by atoms with E-state index >= 15 is 0 Å². The monoisotopic (exact) mass is 520 g/mol. The van der Waals surface area contributed by atoms with Gasteiger partial charge in [-0.25, -0.2) is 8.42 Å². The van der Waals surface area contributed by atoms with Crippen molar-refractivity contribution in [1.29, 1.82) is 0 Å². The minimum absolute atomic E-state index is 0.176. The Labute approximate surface area is 208 Å². The van der Waals surface area contributed by atoms with Crippen molar-refractivity contribution in [3.05, 3.63) is 92.3 Å². The molecular formula is C25H22Cl2O6S. The Balaban J connectivity index is 2.19. The number of allylic oxidation sites excluding steroid dienone is 1. The lowest BCUT2D eigenvalue weighted by Gasteiger charge is -2.15. The smallest absolute Gasteiger partial charge is 0.204 e. The number of carbonyl (C=O) groups excluding carboxylic acids is 1. The van der Waals surface area contributed by atoms with Crippen LogP contribution in [0.15, 0.2) is 65.6 Å². The Bertz CT molecular complexity index is 1310. The molecule has 0 aliphatic rings. The molecule has 0 unspecified atom stereocenters. The van der Waals surface area contributed by atoms with Gasteiger partial charge < -0.3 is 14.2 Å². The van der Waals surface area contributed by atoms with Gasteiger partial charge in [-0.1, -0.05) is 35.3 Å². The molecule has 0 radical (unpaired) electrons. The quantitative estimate of drug-likeness (QED) is 0.259. The number of Topliss-reactive ketones (excluding diaryl/α,β-unsaturated/α-hetero) is 1. The maximum Gasteiger partial charge on any atom is 0.204 e. The van der Waals surface area contributed by atoms with Crippen LogP contribution >= 0.6 is 23.2 Å². The van der Waals surface area contributed by atoms with Crippen LogP contribution in [0.2, 0.25) is 10.0 Å². The van der Waals surface area contributed by atoms with Crippen LogP contribution in [0.1, 0.15) is 21.5 Å². The molecule has 0 saturated heterocycles. The zero-order valence-corrected chi connectivity index (χ0v) is 21.0. The fraction of sp³-hybridized carbons (Fsp3) is 0.160. The first-order chi connectivity index (χ1) is 16.2. The summed E-state index contributed by atoms with van der Waals surface area (Å²) in [5.74, 6) is -0.184. The van der Waals surface area contributed by atoms with Crippen LogP contribution in [0.3, 0.4) is 0 Å². The lowest BCUT2D eigenvalue weighted by atomic mass is 10.1. The molecular weight excluding hydrogens is 499 g/mol. The first-order valence-electron chi connectivity index (χ1n) is 9.98. The maximum atomic E-state index is 13.5. The average Bonchev–Trinajstić information content (AvgIpc) is 2.83. The summed E-state index contributed by atoms with van der Waals surface area (Å²) < 4.78 is 43.2. The highest BCUT2D eigenvalue weighted by Gasteiger charge is 2.28. The zero-order valence-electron chi connectivity index (χ0n) is 18.7. The fourth-order valence-electron chi connectivity index (χ4n) is 3.30. The van der Waals surface area contributed by atoms with Crippen molar-refractivity contribution in [2.45, 2.75) is 5.75 Å². The Hall–Kier alpha value is -3.00. The van der Waals surface area contributed by atoms with Crippen LogP contribution in [-0.4, -0.2) is 35.5 Å². The maximum absolute atomic E-state index is 13.5. The van der Waals surface area contributed by atoms with Crippen LogP contribution in [0.5, 0.6) is 17.2 Å². The van der Waals surface area contributed by atoms with Gasteiger partial charge in [0.2, 0.25) is 11.5 Å². The zero-order chi connectivity index (χ0) is 24.9. The molecule has 6 nitrogen and oxygen atoms in total. The van der Waals surface area contributed by atoms with Crippen molar-refractivity contribution >= 4 is 44.9 Å². The van der Waals surface area contributed by atoms with Crippen LogP contribution in [0.4, 0.5) is 0 Å². The molecule has 3 aromatic rings. The third-order valence-corrected chi connectivity index (χ3v) is 7.15. The van der Waals surface area contributed by atoms with Gasteiger partial charge in [-0.3, -0.25) is 4.79 Å². The van der Waals surface area contributed by atoms with E-state index in [0.29, 0.717) is 26.9 Å². The van der Waals surface area contributed by atoms with Gasteiger partial charge in [-0.15, -0.1) is 0 Å². The summed E-state index contributed by atoms with van der Waals surface area (Å²) in [5.41, 5.74) is 0.991. The average molecular weight is 521 g/mol. The van der Waals surface area contributed by atoms with E-state index in [-0.39, 0.29) is 17.1 Å². The molecule has 0 atom stereocenters. The minimum Gasteiger partial charge on any atom is -0.493 e. The van der Waals surface area contributed by atoms with Gasteiger partial charge >= 0.3 is 0 Å². The lowest BCUT2D eigenvalue weighted by Crippen LogP contribution is -2.16. The molecule has 0 spiro atoms. The van der Waals surface area contributed by atoms with E-state index in [1.54, 1.807) is 36.4 Å². The summed E-state index contributed by atoms with van der Waals surface area (Å²) in [7, 11) is 0.224. The number of methoxy groups -OCH3 is 3. The van der Waals surface area contributed by atoms with E-state index in [9.17, 15) is 13.2 Å². The lowest BCUT2D eigenvalue weighted by molar-refractivity contribution is 0.104. The third kappa shape index (κ3) is 5.73. The van der Waals surface area contributed by atoms with Gasteiger partial charge in [-0.05, 0) is 60.2 Å². The Morgan fingerprint density at radius 2 is 1.35 bits per heavy atom. The van der Waals surface area contributed by atoms with Gasteiger partial charge in [0, 0.05) is 21.2 Å². The molecule has 3 rings (SSSR count). The van der Waals surface area contributed by atoms with Crippen molar-refractivity contribution in [2.75, 3.05) is 21.3 Å². The predicted molar refractivity (Wildman–Crippen MR) is 134 cm³/mol. The topological polar surface area (TPSA) is 78.9 Å². The van der Waals surface area contributed by atoms with E-state index < -0.39 is 26.3 Å². The molecule has 0 saturated carbocycles. The number of benzene rings is 3. The summed E-state index contributed by atoms with van der Waals surface area (Å²) in [4.78, 5) is 13.0. The molecule has 0 amide bonds. The summed E-state index contributed by atoms with van der Waals surface area (Å²) in [5, 5.41) is 0.900. The largest absolute Gasteiger partial charge is 0.493 e. The number of hydrogen-bond donors (Lipinski definition) is 0. The van der Waals surface area contributed by atoms with E-state index in [1.807, 2.05) is 0 Å². The van der Waals surface area contributed by atoms with Gasteiger partial charge in [0.1, 0.15) is 4.91 Å². The van der Waals surface area contributed by atoms with Gasteiger partial charge in [0.15, 0.2) is 21.3 Å². The van der Waals surface area contributed by atoms with E-state index in [2.05, 4.69) is 0 Å². The number of ketones is 1. The molecule has 0 aromatic heterocycles. The highest BCUT2D eigenvalue weighted by atomic mass is 35.5. The van der Waals surface area contributed by atoms with Crippen LogP contribution in [-0.2, 0) is 15.6 Å². The molecule has 3 aromatic carbocycles. The fourth-order valence-corrected chi connectivity index (χ4v) is 5.04. The molecule has 34 heavy (non-hydrogen) atoms. The highest BCUT2D eigenvalue weighted by Crippen LogP contribution is 2.41. The van der Waals surface area contributed by atoms with Gasteiger partial charge in [-0.2, -0.15) is 0 Å². The van der Waals surface area contributed by atoms with Crippen LogP contribution < -0.4 is 14.2 Å². The van der Waals surface area contributed by atoms with Crippen molar-refractivity contribution in [2.24, 2.45) is 0 Å². The molecule has 0 aliphatic carbocycles. The Morgan fingerprint density at radius 1 is 0.794 bits per heavy atom. The summed E-state index contributed by atoms with van der Waals surface area (Å²) >= 11 is 11.9. The number of sulfone groups is 1. The Morgan fingerprint density at radius 3 is 1.88 bits per heavy atom. The highest BCUT2D eigenvalue weighted by molar-refractivity contribution is 7.95. The normalized spacial score (nSPS) is 11.7. The van der Waals surface area contributed by atoms with E-state index in [0.717, 1.165) is 0 Å². The van der Waals surface area contributed by atoms with Crippen molar-refractivity contribution in [1.82, 2.24) is 0 Å². The second kappa shape index (κ2) is 11.0. The predicted octanol–water partition coefficient (Wildman–Crippen LogP) is 5.86. The summed E-state index contributed by atoms with van der Waals surface area (Å²) in [6, 6.07) is 15.6. The standard InChI is InChI=1S/C25H22Cl2O6S/c1-31-21-13-8-18(24(32-2)25(21)33-3)14-22(23(28)17-6-11-20(27)12-7-17)34(29,30)15-16-4-9-19(26)10-5-16/h4-14H,15H2,1-3H3. The first-order valence-corrected chi connectivity index (χ1v) is 12.4. The molecule has 0 fully saturated rings. The van der Waals surface area contributed by atoms with E-state index in [1.165, 1.54) is 51.7 Å². The number of halogens is 2. The second-order valence-electron chi connectivity index (χ2n) is 7.15. The molecule has 178 valence electrons. The third-order valence-electron chi connectivity index (χ3n) is 4.96. The molecule has 0 N–H and O–H groups in total. The number of carbonyl (C=O) groups is 1. The van der Waals surface area contributed by atoms with Crippen molar-refractivity contribution in [3.63, 3.8) is 0 Å². The van der Waals surface area contributed by atoms with Gasteiger partial charge in [0.05, 0.1) is 27.1 Å². The SMILES string of the molecule is COc1ccc(C=C(C(=O)c2ccc(Cl)cc2)S(=O)(=O)Cc2ccc(Cl)cc2)c(OC)c1OC. The second-order valence-corrected chi connectivity index (χ2v) is 9.98. The minimum atomic E-state index is -4.10. The van der Waals surface area contributed by atoms with Crippen molar-refractivity contribution in [3.8, 4) is 17.2 Å². The first kappa shape index (κ1) is 25.6. The van der Waals surface area contributed by atoms with Crippen molar-refractivity contribution < 1.29 is 27.4 Å². The Kier molecular flexibility index (Phi) is 8.25. The van der Waals surface area contributed by atoms with Crippen LogP contribution in [0.25, 0.3) is 6.08 Å². The molecule has 0 aliphatic heterocycles. The van der Waals surface area contributed by atoms with Gasteiger partial charge in [0.25, 0.3) is 0 Å².